The second-order valence-electron chi connectivity index (χ2n) is 4.59. The summed E-state index contributed by atoms with van der Waals surface area (Å²) in [7, 11) is 2.28. The topological polar surface area (TPSA) is 29.3 Å². The largest absolute Gasteiger partial charge is 0.328 e. The number of hydrogen-bond donors (Lipinski definition) is 1. The molecule has 1 spiro atoms. The first kappa shape index (κ1) is 14.5. The first-order chi connectivity index (χ1) is 5.73. The van der Waals surface area contributed by atoms with Crippen molar-refractivity contribution in [1.82, 2.24) is 4.90 Å². The van der Waals surface area contributed by atoms with Gasteiger partial charge in [0.2, 0.25) is 0 Å². The van der Waals surface area contributed by atoms with Crippen molar-refractivity contribution in [2.75, 3.05) is 13.6 Å². The van der Waals surface area contributed by atoms with Gasteiger partial charge < -0.3 is 10.6 Å². The highest BCUT2D eigenvalue weighted by atomic mass is 35.5. The molecule has 0 amide bonds. The van der Waals surface area contributed by atoms with E-state index in [1.807, 2.05) is 0 Å². The standard InChI is InChI=1S/C10H20N2.2ClH/c1-12-8-2-5-10(12)6-3-9(11)4-7-10;;/h9H,2-8,11H2,1H3;2*1H. The van der Waals surface area contributed by atoms with Crippen LogP contribution in [0.15, 0.2) is 0 Å². The molecule has 0 atom stereocenters. The lowest BCUT2D eigenvalue weighted by Gasteiger charge is -2.41. The second kappa shape index (κ2) is 5.55. The summed E-state index contributed by atoms with van der Waals surface area (Å²) in [4.78, 5) is 2.57. The molecule has 4 heteroatoms. The lowest BCUT2D eigenvalue weighted by atomic mass is 9.78. The van der Waals surface area contributed by atoms with Gasteiger partial charge in [-0.1, -0.05) is 0 Å². The zero-order valence-electron chi connectivity index (χ0n) is 8.87. The first-order valence-electron chi connectivity index (χ1n) is 5.20. The van der Waals surface area contributed by atoms with E-state index < -0.39 is 0 Å². The summed E-state index contributed by atoms with van der Waals surface area (Å²) in [6.45, 7) is 1.30. The molecule has 2 nitrogen and oxygen atoms in total. The van der Waals surface area contributed by atoms with E-state index in [9.17, 15) is 0 Å². The van der Waals surface area contributed by atoms with Crippen LogP contribution in [0.1, 0.15) is 38.5 Å². The molecule has 1 heterocycles. The Morgan fingerprint density at radius 1 is 1.14 bits per heavy atom. The summed E-state index contributed by atoms with van der Waals surface area (Å²) >= 11 is 0. The molecule has 2 fully saturated rings. The number of nitrogens with two attached hydrogens (primary N) is 1. The number of hydrogen-bond acceptors (Lipinski definition) is 2. The predicted octanol–water partition coefficient (Wildman–Crippen LogP) is 2.20. The number of rotatable bonds is 0. The fourth-order valence-corrected chi connectivity index (χ4v) is 2.88. The Hall–Kier alpha value is 0.500. The molecule has 14 heavy (non-hydrogen) atoms. The molecule has 1 aliphatic heterocycles. The van der Waals surface area contributed by atoms with Gasteiger partial charge in [0.1, 0.15) is 0 Å². The van der Waals surface area contributed by atoms with Gasteiger partial charge in [-0.15, -0.1) is 24.8 Å². The third-order valence-electron chi connectivity index (χ3n) is 3.91. The fourth-order valence-electron chi connectivity index (χ4n) is 2.88. The maximum absolute atomic E-state index is 5.91. The molecule has 2 rings (SSSR count). The minimum atomic E-state index is 0. The molecular weight excluding hydrogens is 219 g/mol. The van der Waals surface area contributed by atoms with Gasteiger partial charge in [0.15, 0.2) is 0 Å². The highest BCUT2D eigenvalue weighted by molar-refractivity contribution is 5.85. The van der Waals surface area contributed by atoms with Gasteiger partial charge >= 0.3 is 0 Å². The van der Waals surface area contributed by atoms with E-state index in [0.29, 0.717) is 11.6 Å². The van der Waals surface area contributed by atoms with E-state index in [-0.39, 0.29) is 24.8 Å². The molecule has 0 unspecified atom stereocenters. The Morgan fingerprint density at radius 3 is 2.14 bits per heavy atom. The highest BCUT2D eigenvalue weighted by Crippen LogP contribution is 2.39. The lowest BCUT2D eigenvalue weighted by Crippen LogP contribution is -2.46. The van der Waals surface area contributed by atoms with Crippen molar-refractivity contribution in [3.63, 3.8) is 0 Å². The quantitative estimate of drug-likeness (QED) is 0.704. The maximum atomic E-state index is 5.91. The van der Waals surface area contributed by atoms with Crippen molar-refractivity contribution in [3.05, 3.63) is 0 Å². The maximum Gasteiger partial charge on any atom is 0.0208 e. The van der Waals surface area contributed by atoms with E-state index in [1.54, 1.807) is 0 Å². The molecule has 1 saturated carbocycles. The molecule has 1 aliphatic carbocycles. The van der Waals surface area contributed by atoms with Gasteiger partial charge in [-0.05, 0) is 52.1 Å². The molecular formula is C10H22Cl2N2. The van der Waals surface area contributed by atoms with Gasteiger partial charge in [0.25, 0.3) is 0 Å². The van der Waals surface area contributed by atoms with Crippen LogP contribution in [0.5, 0.6) is 0 Å². The van der Waals surface area contributed by atoms with Crippen molar-refractivity contribution >= 4 is 24.8 Å². The molecule has 0 aromatic rings. The minimum Gasteiger partial charge on any atom is -0.328 e. The molecule has 2 N–H and O–H groups in total. The molecule has 0 aromatic heterocycles. The van der Waals surface area contributed by atoms with E-state index in [4.69, 9.17) is 5.73 Å². The molecule has 0 bridgehead atoms. The highest BCUT2D eigenvalue weighted by Gasteiger charge is 2.40. The summed E-state index contributed by atoms with van der Waals surface area (Å²) in [6, 6.07) is 0.490. The van der Waals surface area contributed by atoms with Crippen LogP contribution in [0.3, 0.4) is 0 Å². The summed E-state index contributed by atoms with van der Waals surface area (Å²) < 4.78 is 0. The fraction of sp³-hybridized carbons (Fsp3) is 1.00. The van der Waals surface area contributed by atoms with Crippen molar-refractivity contribution in [1.29, 1.82) is 0 Å². The van der Waals surface area contributed by atoms with Crippen molar-refractivity contribution in [3.8, 4) is 0 Å². The molecule has 0 radical (unpaired) electrons. The molecule has 86 valence electrons. The zero-order valence-corrected chi connectivity index (χ0v) is 10.5. The van der Waals surface area contributed by atoms with Crippen LogP contribution in [-0.4, -0.2) is 30.1 Å². The van der Waals surface area contributed by atoms with Gasteiger partial charge in [-0.2, -0.15) is 0 Å². The summed E-state index contributed by atoms with van der Waals surface area (Å²) in [5.41, 5.74) is 6.48. The van der Waals surface area contributed by atoms with Crippen molar-refractivity contribution in [2.24, 2.45) is 5.73 Å². The Kier molecular flexibility index (Phi) is 5.75. The van der Waals surface area contributed by atoms with Crippen molar-refractivity contribution in [2.45, 2.75) is 50.1 Å². The van der Waals surface area contributed by atoms with Crippen LogP contribution in [0, 0.1) is 0 Å². The number of nitrogens with zero attached hydrogens (tertiary/aromatic N) is 1. The average Bonchev–Trinajstić information content (AvgIpc) is 2.41. The second-order valence-corrected chi connectivity index (χ2v) is 4.59. The smallest absolute Gasteiger partial charge is 0.0208 e. The van der Waals surface area contributed by atoms with Crippen LogP contribution < -0.4 is 5.73 Å². The van der Waals surface area contributed by atoms with Gasteiger partial charge in [-0.25, -0.2) is 0 Å². The Morgan fingerprint density at radius 2 is 1.71 bits per heavy atom. The predicted molar refractivity (Wildman–Crippen MR) is 65.5 cm³/mol. The summed E-state index contributed by atoms with van der Waals surface area (Å²) in [5, 5.41) is 0. The third kappa shape index (κ3) is 2.54. The first-order valence-corrected chi connectivity index (χ1v) is 5.20. The van der Waals surface area contributed by atoms with Gasteiger partial charge in [0, 0.05) is 11.6 Å². The Balaban J connectivity index is 0.000000845. The lowest BCUT2D eigenvalue weighted by molar-refractivity contribution is 0.113. The number of halogens is 2. The Labute approximate surface area is 99.4 Å². The van der Waals surface area contributed by atoms with E-state index in [0.717, 1.165) is 0 Å². The zero-order chi connectivity index (χ0) is 8.60. The normalized spacial score (nSPS) is 37.7. The van der Waals surface area contributed by atoms with Crippen LogP contribution in [0.4, 0.5) is 0 Å². The SMILES string of the molecule is CN1CCCC12CCC(N)CC2.Cl.Cl. The molecule has 1 saturated heterocycles. The minimum absolute atomic E-state index is 0. The Bertz CT molecular complexity index is 168. The monoisotopic (exact) mass is 240 g/mol. The van der Waals surface area contributed by atoms with Crippen LogP contribution >= 0.6 is 24.8 Å². The van der Waals surface area contributed by atoms with Gasteiger partial charge in [-0.3, -0.25) is 0 Å². The summed E-state index contributed by atoms with van der Waals surface area (Å²) in [6.07, 6.45) is 7.96. The number of likely N-dealkylation sites (tertiary alicyclic amines) is 1. The summed E-state index contributed by atoms with van der Waals surface area (Å²) in [5.74, 6) is 0. The van der Waals surface area contributed by atoms with E-state index in [2.05, 4.69) is 11.9 Å². The van der Waals surface area contributed by atoms with Crippen molar-refractivity contribution < 1.29 is 0 Å². The molecule has 2 aliphatic rings. The third-order valence-corrected chi connectivity index (χ3v) is 3.91. The van der Waals surface area contributed by atoms with Crippen LogP contribution in [0.2, 0.25) is 0 Å². The van der Waals surface area contributed by atoms with E-state index in [1.165, 1.54) is 45.1 Å². The average molecular weight is 241 g/mol. The van der Waals surface area contributed by atoms with Crippen LogP contribution in [0.25, 0.3) is 0 Å². The van der Waals surface area contributed by atoms with E-state index >= 15 is 0 Å². The van der Waals surface area contributed by atoms with Crippen LogP contribution in [-0.2, 0) is 0 Å². The van der Waals surface area contributed by atoms with Gasteiger partial charge in [0.05, 0.1) is 0 Å². The molecule has 0 aromatic carbocycles.